The van der Waals surface area contributed by atoms with Crippen LogP contribution in [-0.4, -0.2) is 38.5 Å². The zero-order valence-electron chi connectivity index (χ0n) is 13.9. The summed E-state index contributed by atoms with van der Waals surface area (Å²) in [5, 5.41) is 3.45. The van der Waals surface area contributed by atoms with Crippen molar-refractivity contribution >= 4 is 45.0 Å². The number of hydrogen-bond donors (Lipinski definition) is 1. The highest BCUT2D eigenvalue weighted by Crippen LogP contribution is 2.21. The van der Waals surface area contributed by atoms with Crippen LogP contribution in [-0.2, 0) is 14.8 Å². The van der Waals surface area contributed by atoms with Crippen molar-refractivity contribution in [1.29, 1.82) is 0 Å². The normalized spacial score (nSPS) is 11.5. The lowest BCUT2D eigenvalue weighted by atomic mass is 10.3. The number of hydrogen-bond acceptors (Lipinski definition) is 4. The maximum absolute atomic E-state index is 12.0. The van der Waals surface area contributed by atoms with E-state index in [0.29, 0.717) is 22.9 Å². The van der Waals surface area contributed by atoms with E-state index in [1.54, 1.807) is 23.9 Å². The van der Waals surface area contributed by atoms with Crippen molar-refractivity contribution < 1.29 is 13.2 Å². The molecule has 0 heterocycles. The smallest absolute Gasteiger partial charge is 0.242 e. The van der Waals surface area contributed by atoms with Crippen LogP contribution in [0.15, 0.2) is 58.3 Å². The molecule has 2 aromatic rings. The number of rotatable bonds is 7. The van der Waals surface area contributed by atoms with E-state index in [1.807, 2.05) is 24.3 Å². The summed E-state index contributed by atoms with van der Waals surface area (Å²) in [6, 6.07) is 13.6. The van der Waals surface area contributed by atoms with Gasteiger partial charge in [0.05, 0.1) is 4.90 Å². The third-order valence-electron chi connectivity index (χ3n) is 3.33. The van der Waals surface area contributed by atoms with Gasteiger partial charge in [0.15, 0.2) is 0 Å². The number of sulfonamides is 1. The number of halogens is 1. The summed E-state index contributed by atoms with van der Waals surface area (Å²) in [4.78, 5) is 13.2. The monoisotopic (exact) mass is 398 g/mol. The minimum Gasteiger partial charge on any atom is -0.326 e. The molecule has 134 valence electrons. The minimum absolute atomic E-state index is 0.121. The van der Waals surface area contributed by atoms with Crippen molar-refractivity contribution in [3.63, 3.8) is 0 Å². The molecule has 0 atom stereocenters. The van der Waals surface area contributed by atoms with Gasteiger partial charge in [-0.05, 0) is 48.5 Å². The second-order valence-electron chi connectivity index (χ2n) is 5.41. The van der Waals surface area contributed by atoms with E-state index in [-0.39, 0.29) is 10.8 Å². The Bertz CT molecular complexity index is 820. The van der Waals surface area contributed by atoms with Gasteiger partial charge in [0.2, 0.25) is 15.9 Å². The number of amides is 1. The Balaban J connectivity index is 1.85. The molecule has 0 saturated heterocycles. The van der Waals surface area contributed by atoms with Crippen molar-refractivity contribution in [1.82, 2.24) is 4.31 Å². The van der Waals surface area contributed by atoms with E-state index < -0.39 is 10.0 Å². The Kier molecular flexibility index (Phi) is 6.89. The van der Waals surface area contributed by atoms with E-state index in [4.69, 9.17) is 11.6 Å². The van der Waals surface area contributed by atoms with Crippen molar-refractivity contribution in [3.05, 3.63) is 53.6 Å². The van der Waals surface area contributed by atoms with Crippen LogP contribution in [0.5, 0.6) is 0 Å². The predicted octanol–water partition coefficient (Wildman–Crippen LogP) is 3.71. The SMILES string of the molecule is CN(C)S(=O)(=O)c1ccc(NC(=O)CCSc2ccc(Cl)cc2)cc1. The zero-order valence-corrected chi connectivity index (χ0v) is 16.3. The van der Waals surface area contributed by atoms with Crippen LogP contribution in [0.2, 0.25) is 5.02 Å². The van der Waals surface area contributed by atoms with E-state index in [1.165, 1.54) is 26.2 Å². The average molecular weight is 399 g/mol. The largest absolute Gasteiger partial charge is 0.326 e. The van der Waals surface area contributed by atoms with Crippen LogP contribution in [0, 0.1) is 0 Å². The van der Waals surface area contributed by atoms with Gasteiger partial charge in [-0.3, -0.25) is 4.79 Å². The summed E-state index contributed by atoms with van der Waals surface area (Å²) in [6.45, 7) is 0. The second kappa shape index (κ2) is 8.71. The van der Waals surface area contributed by atoms with Gasteiger partial charge in [-0.1, -0.05) is 11.6 Å². The summed E-state index contributed by atoms with van der Waals surface area (Å²) in [6.07, 6.45) is 0.352. The third kappa shape index (κ3) is 5.74. The van der Waals surface area contributed by atoms with E-state index in [9.17, 15) is 13.2 Å². The van der Waals surface area contributed by atoms with Crippen LogP contribution >= 0.6 is 23.4 Å². The number of carbonyl (C=O) groups excluding carboxylic acids is 1. The summed E-state index contributed by atoms with van der Waals surface area (Å²) < 4.78 is 25.1. The first-order chi connectivity index (χ1) is 11.8. The molecule has 5 nitrogen and oxygen atoms in total. The summed E-state index contributed by atoms with van der Waals surface area (Å²) in [5.41, 5.74) is 0.569. The molecule has 2 rings (SSSR count). The molecule has 1 amide bonds. The van der Waals surface area contributed by atoms with Crippen molar-refractivity contribution in [2.24, 2.45) is 0 Å². The number of anilines is 1. The molecule has 0 aliphatic rings. The lowest BCUT2D eigenvalue weighted by molar-refractivity contribution is -0.115. The van der Waals surface area contributed by atoms with Gasteiger partial charge in [0.25, 0.3) is 0 Å². The highest BCUT2D eigenvalue weighted by molar-refractivity contribution is 7.99. The average Bonchev–Trinajstić information content (AvgIpc) is 2.57. The van der Waals surface area contributed by atoms with E-state index >= 15 is 0 Å². The molecule has 25 heavy (non-hydrogen) atoms. The number of nitrogens with one attached hydrogen (secondary N) is 1. The molecule has 0 unspecified atom stereocenters. The maximum atomic E-state index is 12.0. The van der Waals surface area contributed by atoms with Gasteiger partial charge >= 0.3 is 0 Å². The Morgan fingerprint density at radius 2 is 1.68 bits per heavy atom. The van der Waals surface area contributed by atoms with Crippen LogP contribution < -0.4 is 5.32 Å². The third-order valence-corrected chi connectivity index (χ3v) is 6.42. The molecule has 0 aromatic heterocycles. The Labute approximate surface area is 157 Å². The molecule has 0 aliphatic carbocycles. The molecular formula is C17H19ClN2O3S2. The zero-order chi connectivity index (χ0) is 18.4. The minimum atomic E-state index is -3.46. The lowest BCUT2D eigenvalue weighted by Gasteiger charge is -2.12. The molecule has 8 heteroatoms. The van der Waals surface area contributed by atoms with Crippen LogP contribution in [0.3, 0.4) is 0 Å². The maximum Gasteiger partial charge on any atom is 0.242 e. The van der Waals surface area contributed by atoms with Crippen molar-refractivity contribution in [2.75, 3.05) is 25.2 Å². The van der Waals surface area contributed by atoms with Gasteiger partial charge in [-0.2, -0.15) is 0 Å². The standard InChI is InChI=1S/C17H19ClN2O3S2/c1-20(2)25(22,23)16-9-5-14(6-10-16)19-17(21)11-12-24-15-7-3-13(18)4-8-15/h3-10H,11-12H2,1-2H3,(H,19,21). The first-order valence-electron chi connectivity index (χ1n) is 7.50. The number of nitrogens with zero attached hydrogens (tertiary/aromatic N) is 1. The predicted molar refractivity (Wildman–Crippen MR) is 103 cm³/mol. The first kappa shape index (κ1) is 19.8. The molecule has 2 aromatic carbocycles. The fraction of sp³-hybridized carbons (Fsp3) is 0.235. The van der Waals surface area contributed by atoms with Crippen LogP contribution in [0.25, 0.3) is 0 Å². The first-order valence-corrected chi connectivity index (χ1v) is 10.3. The van der Waals surface area contributed by atoms with Crippen molar-refractivity contribution in [2.45, 2.75) is 16.2 Å². The Morgan fingerprint density at radius 3 is 2.24 bits per heavy atom. The molecule has 0 radical (unpaired) electrons. The van der Waals surface area contributed by atoms with Crippen LogP contribution in [0.1, 0.15) is 6.42 Å². The fourth-order valence-electron chi connectivity index (χ4n) is 1.94. The second-order valence-corrected chi connectivity index (χ2v) is 9.17. The van der Waals surface area contributed by atoms with E-state index in [2.05, 4.69) is 5.32 Å². The van der Waals surface area contributed by atoms with Gasteiger partial charge in [-0.25, -0.2) is 12.7 Å². The fourth-order valence-corrected chi connectivity index (χ4v) is 3.82. The number of carbonyl (C=O) groups is 1. The van der Waals surface area contributed by atoms with E-state index in [0.717, 1.165) is 9.20 Å². The molecule has 0 aliphatic heterocycles. The lowest BCUT2D eigenvalue weighted by Crippen LogP contribution is -2.22. The van der Waals surface area contributed by atoms with Gasteiger partial charge in [0, 0.05) is 41.9 Å². The molecule has 0 fully saturated rings. The summed E-state index contributed by atoms with van der Waals surface area (Å²) in [7, 11) is -0.511. The molecule has 0 spiro atoms. The number of thioether (sulfide) groups is 1. The highest BCUT2D eigenvalue weighted by Gasteiger charge is 2.16. The Hall–Kier alpha value is -1.54. The van der Waals surface area contributed by atoms with Gasteiger partial charge < -0.3 is 5.32 Å². The Morgan fingerprint density at radius 1 is 1.08 bits per heavy atom. The molecular weight excluding hydrogens is 380 g/mol. The summed E-state index contributed by atoms with van der Waals surface area (Å²) >= 11 is 7.40. The molecule has 0 bridgehead atoms. The van der Waals surface area contributed by atoms with Gasteiger partial charge in [-0.15, -0.1) is 11.8 Å². The highest BCUT2D eigenvalue weighted by atomic mass is 35.5. The van der Waals surface area contributed by atoms with Crippen LogP contribution in [0.4, 0.5) is 5.69 Å². The topological polar surface area (TPSA) is 66.5 Å². The molecule has 0 saturated carbocycles. The van der Waals surface area contributed by atoms with Crippen molar-refractivity contribution in [3.8, 4) is 0 Å². The summed E-state index contributed by atoms with van der Waals surface area (Å²) in [5.74, 6) is 0.519. The number of benzene rings is 2. The quantitative estimate of drug-likeness (QED) is 0.722. The molecule has 1 N–H and O–H groups in total. The van der Waals surface area contributed by atoms with Gasteiger partial charge in [0.1, 0.15) is 0 Å².